The van der Waals surface area contributed by atoms with E-state index >= 15 is 0 Å². The number of carbonyl (C=O) groups is 1. The van der Waals surface area contributed by atoms with Crippen LogP contribution in [0.5, 0.6) is 0 Å². The molecule has 1 amide bonds. The molecule has 0 bridgehead atoms. The highest BCUT2D eigenvalue weighted by atomic mass is 16.6. The number of aromatic nitrogens is 2. The fourth-order valence-corrected chi connectivity index (χ4v) is 2.07. The van der Waals surface area contributed by atoms with Crippen LogP contribution in [0.4, 0.5) is 4.79 Å². The number of rotatable bonds is 3. The van der Waals surface area contributed by atoms with Crippen LogP contribution in [0.15, 0.2) is 12.5 Å². The molecule has 6 nitrogen and oxygen atoms in total. The second-order valence-corrected chi connectivity index (χ2v) is 6.46. The van der Waals surface area contributed by atoms with Gasteiger partial charge in [0.25, 0.3) is 0 Å². The van der Waals surface area contributed by atoms with Gasteiger partial charge in [-0.1, -0.05) is 20.8 Å². The van der Waals surface area contributed by atoms with Gasteiger partial charge in [-0.05, 0) is 5.41 Å². The third kappa shape index (κ3) is 4.52. The van der Waals surface area contributed by atoms with Crippen molar-refractivity contribution in [1.82, 2.24) is 19.8 Å². The Hall–Kier alpha value is -1.56. The van der Waals surface area contributed by atoms with Gasteiger partial charge in [-0.2, -0.15) is 0 Å². The SMILES string of the molecule is CC(C)(C)COC(=O)N1CCN(Cc2cnc[nH]2)CC1. The van der Waals surface area contributed by atoms with Gasteiger partial charge in [0.05, 0.1) is 12.9 Å². The number of amides is 1. The van der Waals surface area contributed by atoms with Crippen molar-refractivity contribution in [2.45, 2.75) is 27.3 Å². The predicted molar refractivity (Wildman–Crippen MR) is 76.2 cm³/mol. The minimum absolute atomic E-state index is 0.0120. The minimum atomic E-state index is -0.193. The van der Waals surface area contributed by atoms with Crippen LogP contribution in [0, 0.1) is 5.41 Å². The molecule has 0 saturated carbocycles. The molecule has 1 aliphatic heterocycles. The number of nitrogens with one attached hydrogen (secondary N) is 1. The zero-order chi connectivity index (χ0) is 14.6. The number of hydrogen-bond acceptors (Lipinski definition) is 4. The first-order valence-corrected chi connectivity index (χ1v) is 7.05. The summed E-state index contributed by atoms with van der Waals surface area (Å²) < 4.78 is 5.34. The molecule has 0 spiro atoms. The van der Waals surface area contributed by atoms with Crippen molar-refractivity contribution in [3.8, 4) is 0 Å². The lowest BCUT2D eigenvalue weighted by Gasteiger charge is -2.34. The first-order valence-electron chi connectivity index (χ1n) is 7.05. The van der Waals surface area contributed by atoms with Crippen LogP contribution < -0.4 is 0 Å². The zero-order valence-electron chi connectivity index (χ0n) is 12.6. The molecule has 6 heteroatoms. The Morgan fingerprint density at radius 3 is 2.60 bits per heavy atom. The lowest BCUT2D eigenvalue weighted by atomic mass is 9.99. The maximum absolute atomic E-state index is 11.9. The number of imidazole rings is 1. The monoisotopic (exact) mass is 280 g/mol. The maximum atomic E-state index is 11.9. The predicted octanol–water partition coefficient (Wildman–Crippen LogP) is 1.71. The fraction of sp³-hybridized carbons (Fsp3) is 0.714. The number of piperazine rings is 1. The van der Waals surface area contributed by atoms with E-state index in [1.54, 1.807) is 11.2 Å². The molecule has 1 aromatic rings. The van der Waals surface area contributed by atoms with E-state index in [1.165, 1.54) is 0 Å². The Bertz CT molecular complexity index is 417. The van der Waals surface area contributed by atoms with E-state index in [1.807, 2.05) is 6.20 Å². The van der Waals surface area contributed by atoms with E-state index in [0.717, 1.165) is 38.4 Å². The second kappa shape index (κ2) is 6.26. The summed E-state index contributed by atoms with van der Waals surface area (Å²) >= 11 is 0. The van der Waals surface area contributed by atoms with Crippen molar-refractivity contribution in [1.29, 1.82) is 0 Å². The molecule has 1 N–H and O–H groups in total. The van der Waals surface area contributed by atoms with Gasteiger partial charge in [-0.3, -0.25) is 4.90 Å². The summed E-state index contributed by atoms with van der Waals surface area (Å²) in [6.07, 6.45) is 3.33. The van der Waals surface area contributed by atoms with Crippen molar-refractivity contribution in [3.05, 3.63) is 18.2 Å². The van der Waals surface area contributed by atoms with E-state index in [0.29, 0.717) is 6.61 Å². The highest BCUT2D eigenvalue weighted by molar-refractivity contribution is 5.67. The number of aromatic amines is 1. The Morgan fingerprint density at radius 2 is 2.05 bits per heavy atom. The lowest BCUT2D eigenvalue weighted by Crippen LogP contribution is -2.48. The van der Waals surface area contributed by atoms with Crippen molar-refractivity contribution in [2.75, 3.05) is 32.8 Å². The van der Waals surface area contributed by atoms with E-state index < -0.39 is 0 Å². The van der Waals surface area contributed by atoms with Gasteiger partial charge >= 0.3 is 6.09 Å². The molecule has 0 aromatic carbocycles. The molecule has 2 rings (SSSR count). The maximum Gasteiger partial charge on any atom is 0.409 e. The number of carbonyl (C=O) groups excluding carboxylic acids is 1. The Labute approximate surface area is 120 Å². The van der Waals surface area contributed by atoms with E-state index in [-0.39, 0.29) is 11.5 Å². The van der Waals surface area contributed by atoms with Gasteiger partial charge in [0.2, 0.25) is 0 Å². The average Bonchev–Trinajstić information content (AvgIpc) is 2.89. The molecule has 0 atom stereocenters. The second-order valence-electron chi connectivity index (χ2n) is 6.46. The Kier molecular flexibility index (Phi) is 4.65. The quantitative estimate of drug-likeness (QED) is 0.915. The van der Waals surface area contributed by atoms with Crippen LogP contribution in [0.3, 0.4) is 0 Å². The highest BCUT2D eigenvalue weighted by Gasteiger charge is 2.23. The van der Waals surface area contributed by atoms with E-state index in [2.05, 4.69) is 35.6 Å². The van der Waals surface area contributed by atoms with Gasteiger partial charge in [-0.15, -0.1) is 0 Å². The first kappa shape index (κ1) is 14.8. The summed E-state index contributed by atoms with van der Waals surface area (Å²) in [5.74, 6) is 0. The Morgan fingerprint density at radius 1 is 1.35 bits per heavy atom. The van der Waals surface area contributed by atoms with Gasteiger partial charge in [-0.25, -0.2) is 9.78 Å². The van der Waals surface area contributed by atoms with Crippen LogP contribution in [0.2, 0.25) is 0 Å². The number of H-pyrrole nitrogens is 1. The van der Waals surface area contributed by atoms with Gasteiger partial charge < -0.3 is 14.6 Å². The van der Waals surface area contributed by atoms with Crippen LogP contribution in [-0.4, -0.2) is 58.6 Å². The summed E-state index contributed by atoms with van der Waals surface area (Å²) in [6, 6.07) is 0. The fourth-order valence-electron chi connectivity index (χ4n) is 2.07. The third-order valence-corrected chi connectivity index (χ3v) is 3.21. The minimum Gasteiger partial charge on any atom is -0.449 e. The summed E-state index contributed by atoms with van der Waals surface area (Å²) in [7, 11) is 0. The molecule has 0 radical (unpaired) electrons. The summed E-state index contributed by atoms with van der Waals surface area (Å²) in [5, 5.41) is 0. The Balaban J connectivity index is 1.72. The van der Waals surface area contributed by atoms with Gasteiger partial charge in [0, 0.05) is 44.6 Å². The molecular formula is C14H24N4O2. The topological polar surface area (TPSA) is 61.5 Å². The molecule has 1 fully saturated rings. The molecule has 1 saturated heterocycles. The van der Waals surface area contributed by atoms with Crippen molar-refractivity contribution < 1.29 is 9.53 Å². The van der Waals surface area contributed by atoms with E-state index in [4.69, 9.17) is 4.74 Å². The van der Waals surface area contributed by atoms with E-state index in [9.17, 15) is 4.79 Å². The molecule has 1 aliphatic rings. The molecule has 20 heavy (non-hydrogen) atoms. The molecule has 112 valence electrons. The lowest BCUT2D eigenvalue weighted by molar-refractivity contribution is 0.0534. The first-order chi connectivity index (χ1) is 9.44. The molecular weight excluding hydrogens is 256 g/mol. The van der Waals surface area contributed by atoms with Crippen molar-refractivity contribution in [3.63, 3.8) is 0 Å². The molecule has 2 heterocycles. The van der Waals surface area contributed by atoms with Crippen molar-refractivity contribution in [2.24, 2.45) is 5.41 Å². The molecule has 0 aliphatic carbocycles. The molecule has 0 unspecified atom stereocenters. The third-order valence-electron chi connectivity index (χ3n) is 3.21. The normalized spacial score (nSPS) is 17.2. The van der Waals surface area contributed by atoms with Crippen LogP contribution in [-0.2, 0) is 11.3 Å². The van der Waals surface area contributed by atoms with Crippen LogP contribution in [0.1, 0.15) is 26.5 Å². The van der Waals surface area contributed by atoms with Crippen LogP contribution >= 0.6 is 0 Å². The molecule has 1 aromatic heterocycles. The summed E-state index contributed by atoms with van der Waals surface area (Å²) in [4.78, 5) is 23.1. The van der Waals surface area contributed by atoms with Crippen LogP contribution in [0.25, 0.3) is 0 Å². The number of hydrogen-bond donors (Lipinski definition) is 1. The summed E-state index contributed by atoms with van der Waals surface area (Å²) in [6.45, 7) is 10.7. The largest absolute Gasteiger partial charge is 0.449 e. The number of ether oxygens (including phenoxy) is 1. The standard InChI is InChI=1S/C14H24N4O2/c1-14(2,3)10-20-13(19)18-6-4-17(5-7-18)9-12-8-15-11-16-12/h8,11H,4-7,9-10H2,1-3H3,(H,15,16). The average molecular weight is 280 g/mol. The van der Waals surface area contributed by atoms with Crippen molar-refractivity contribution >= 4 is 6.09 Å². The summed E-state index contributed by atoms with van der Waals surface area (Å²) in [5.41, 5.74) is 1.12. The highest BCUT2D eigenvalue weighted by Crippen LogP contribution is 2.14. The van der Waals surface area contributed by atoms with Gasteiger partial charge in [0.1, 0.15) is 0 Å². The zero-order valence-corrected chi connectivity index (χ0v) is 12.6. The smallest absolute Gasteiger partial charge is 0.409 e. The van der Waals surface area contributed by atoms with Gasteiger partial charge in [0.15, 0.2) is 0 Å². The number of nitrogens with zero attached hydrogens (tertiary/aromatic N) is 3.